The van der Waals surface area contributed by atoms with Crippen molar-refractivity contribution in [2.45, 2.75) is 32.9 Å². The third-order valence-electron chi connectivity index (χ3n) is 5.55. The summed E-state index contributed by atoms with van der Waals surface area (Å²) in [7, 11) is -3.87. The Morgan fingerprint density at radius 2 is 1.75 bits per heavy atom. The molecule has 3 rings (SSSR count). The largest absolute Gasteiger partial charge is 0.486 e. The van der Waals surface area contributed by atoms with E-state index in [4.69, 9.17) is 32.7 Å². The van der Waals surface area contributed by atoms with Gasteiger partial charge in [0.2, 0.25) is 21.8 Å². The zero-order valence-corrected chi connectivity index (χ0v) is 22.6. The summed E-state index contributed by atoms with van der Waals surface area (Å²) in [6, 6.07) is 8.69. The summed E-state index contributed by atoms with van der Waals surface area (Å²) in [6.07, 6.45) is 1.74. The van der Waals surface area contributed by atoms with Gasteiger partial charge in [-0.3, -0.25) is 13.9 Å². The van der Waals surface area contributed by atoms with Gasteiger partial charge in [-0.1, -0.05) is 36.2 Å². The number of hydrogen-bond donors (Lipinski definition) is 1. The SMILES string of the molecule is CCCNC(=O)[C@H](C)N(Cc1ccc(Cl)c(Cl)c1)C(=O)CN(c1ccc2c(c1)OCCO2)S(C)(=O)=O. The number of fused-ring (bicyclic) bond motifs is 1. The highest BCUT2D eigenvalue weighted by atomic mass is 35.5. The second kappa shape index (κ2) is 12.0. The first-order chi connectivity index (χ1) is 17.0. The Balaban J connectivity index is 1.92. The fraction of sp³-hybridized carbons (Fsp3) is 0.417. The minimum atomic E-state index is -3.87. The molecule has 0 radical (unpaired) electrons. The zero-order chi connectivity index (χ0) is 26.5. The van der Waals surface area contributed by atoms with E-state index in [0.29, 0.717) is 46.9 Å². The Hall–Kier alpha value is -2.69. The van der Waals surface area contributed by atoms with Crippen molar-refractivity contribution in [2.24, 2.45) is 0 Å². The molecular formula is C24H29Cl2N3O6S. The Morgan fingerprint density at radius 1 is 1.06 bits per heavy atom. The van der Waals surface area contributed by atoms with Crippen molar-refractivity contribution < 1.29 is 27.5 Å². The summed E-state index contributed by atoms with van der Waals surface area (Å²) < 4.78 is 37.5. The number of anilines is 1. The van der Waals surface area contributed by atoms with Gasteiger partial charge in [-0.15, -0.1) is 0 Å². The van der Waals surface area contributed by atoms with Crippen LogP contribution >= 0.6 is 23.2 Å². The predicted molar refractivity (Wildman–Crippen MR) is 139 cm³/mol. The highest BCUT2D eigenvalue weighted by Gasteiger charge is 2.30. The van der Waals surface area contributed by atoms with E-state index in [-0.39, 0.29) is 18.1 Å². The molecule has 1 aliphatic rings. The van der Waals surface area contributed by atoms with Crippen LogP contribution in [0.15, 0.2) is 36.4 Å². The van der Waals surface area contributed by atoms with Crippen LogP contribution in [0.4, 0.5) is 5.69 Å². The van der Waals surface area contributed by atoms with Crippen molar-refractivity contribution in [1.29, 1.82) is 0 Å². The van der Waals surface area contributed by atoms with Gasteiger partial charge in [-0.05, 0) is 43.2 Å². The van der Waals surface area contributed by atoms with Gasteiger partial charge in [0.05, 0.1) is 22.0 Å². The van der Waals surface area contributed by atoms with Gasteiger partial charge in [0, 0.05) is 19.2 Å². The number of ether oxygens (including phenoxy) is 2. The first-order valence-corrected chi connectivity index (χ1v) is 14.0. The van der Waals surface area contributed by atoms with Gasteiger partial charge in [0.1, 0.15) is 25.8 Å². The average Bonchev–Trinajstić information content (AvgIpc) is 2.84. The van der Waals surface area contributed by atoms with Crippen molar-refractivity contribution in [3.63, 3.8) is 0 Å². The average molecular weight is 558 g/mol. The Bertz CT molecular complexity index is 1220. The normalized spacial score (nSPS) is 13.6. The lowest BCUT2D eigenvalue weighted by Crippen LogP contribution is -2.51. The molecule has 0 aromatic heterocycles. The Morgan fingerprint density at radius 3 is 2.39 bits per heavy atom. The quantitative estimate of drug-likeness (QED) is 0.479. The number of halogens is 2. The summed E-state index contributed by atoms with van der Waals surface area (Å²) in [5, 5.41) is 3.44. The lowest BCUT2D eigenvalue weighted by atomic mass is 10.1. The molecule has 1 N–H and O–H groups in total. The number of sulfonamides is 1. The van der Waals surface area contributed by atoms with E-state index in [1.54, 1.807) is 37.3 Å². The maximum Gasteiger partial charge on any atom is 0.244 e. The molecule has 2 aromatic rings. The molecule has 2 amide bonds. The maximum atomic E-state index is 13.6. The van der Waals surface area contributed by atoms with Crippen LogP contribution in [0.2, 0.25) is 10.0 Å². The molecule has 0 saturated heterocycles. The van der Waals surface area contributed by atoms with Crippen LogP contribution in [0.1, 0.15) is 25.8 Å². The molecule has 36 heavy (non-hydrogen) atoms. The number of benzene rings is 2. The van der Waals surface area contributed by atoms with Crippen LogP contribution in [0.25, 0.3) is 0 Å². The van der Waals surface area contributed by atoms with Gasteiger partial charge >= 0.3 is 0 Å². The zero-order valence-electron chi connectivity index (χ0n) is 20.3. The van der Waals surface area contributed by atoms with Gasteiger partial charge in [-0.2, -0.15) is 0 Å². The second-order valence-electron chi connectivity index (χ2n) is 8.33. The molecule has 1 aliphatic heterocycles. The van der Waals surface area contributed by atoms with Crippen LogP contribution < -0.4 is 19.1 Å². The first kappa shape index (κ1) is 27.9. The molecule has 0 unspecified atom stereocenters. The predicted octanol–water partition coefficient (Wildman–Crippen LogP) is 3.47. The molecule has 0 aliphatic carbocycles. The minimum absolute atomic E-state index is 0.0230. The fourth-order valence-electron chi connectivity index (χ4n) is 3.61. The van der Waals surface area contributed by atoms with Crippen LogP contribution in [0.5, 0.6) is 11.5 Å². The van der Waals surface area contributed by atoms with Gasteiger partial charge in [-0.25, -0.2) is 8.42 Å². The van der Waals surface area contributed by atoms with Crippen LogP contribution in [-0.2, 0) is 26.2 Å². The van der Waals surface area contributed by atoms with E-state index < -0.39 is 28.5 Å². The van der Waals surface area contributed by atoms with E-state index in [1.165, 1.54) is 11.0 Å². The van der Waals surface area contributed by atoms with Crippen LogP contribution in [0.3, 0.4) is 0 Å². The molecule has 0 spiro atoms. The van der Waals surface area contributed by atoms with E-state index in [0.717, 1.165) is 17.0 Å². The topological polar surface area (TPSA) is 105 Å². The second-order valence-corrected chi connectivity index (χ2v) is 11.1. The highest BCUT2D eigenvalue weighted by Crippen LogP contribution is 2.34. The van der Waals surface area contributed by atoms with Crippen molar-refractivity contribution in [3.05, 3.63) is 52.0 Å². The van der Waals surface area contributed by atoms with Crippen molar-refractivity contribution >= 4 is 50.7 Å². The van der Waals surface area contributed by atoms with E-state index in [9.17, 15) is 18.0 Å². The lowest BCUT2D eigenvalue weighted by Gasteiger charge is -2.32. The molecule has 1 atom stereocenters. The molecule has 196 valence electrons. The third kappa shape index (κ3) is 6.96. The van der Waals surface area contributed by atoms with Crippen molar-refractivity contribution in [3.8, 4) is 11.5 Å². The molecular weight excluding hydrogens is 529 g/mol. The Labute approximate surface area is 221 Å². The Kier molecular flexibility index (Phi) is 9.32. The van der Waals surface area contributed by atoms with E-state index in [2.05, 4.69) is 5.32 Å². The fourth-order valence-corrected chi connectivity index (χ4v) is 4.78. The highest BCUT2D eigenvalue weighted by molar-refractivity contribution is 7.92. The summed E-state index contributed by atoms with van der Waals surface area (Å²) in [6.45, 7) is 4.18. The third-order valence-corrected chi connectivity index (χ3v) is 7.43. The molecule has 0 fully saturated rings. The summed E-state index contributed by atoms with van der Waals surface area (Å²) in [5.74, 6) is -0.0388. The monoisotopic (exact) mass is 557 g/mol. The van der Waals surface area contributed by atoms with Crippen molar-refractivity contribution in [1.82, 2.24) is 10.2 Å². The van der Waals surface area contributed by atoms with E-state index in [1.807, 2.05) is 6.92 Å². The van der Waals surface area contributed by atoms with Crippen LogP contribution in [0, 0.1) is 0 Å². The number of carbonyl (C=O) groups is 2. The van der Waals surface area contributed by atoms with Crippen LogP contribution in [-0.4, -0.2) is 63.7 Å². The number of nitrogens with zero attached hydrogens (tertiary/aromatic N) is 2. The molecule has 12 heteroatoms. The number of amides is 2. The number of hydrogen-bond acceptors (Lipinski definition) is 6. The first-order valence-electron chi connectivity index (χ1n) is 11.4. The number of nitrogens with one attached hydrogen (secondary N) is 1. The maximum absolute atomic E-state index is 13.6. The minimum Gasteiger partial charge on any atom is -0.486 e. The summed E-state index contributed by atoms with van der Waals surface area (Å²) in [5.41, 5.74) is 0.880. The lowest BCUT2D eigenvalue weighted by molar-refractivity contribution is -0.139. The van der Waals surface area contributed by atoms with E-state index >= 15 is 0 Å². The summed E-state index contributed by atoms with van der Waals surface area (Å²) >= 11 is 12.2. The molecule has 2 aromatic carbocycles. The summed E-state index contributed by atoms with van der Waals surface area (Å²) in [4.78, 5) is 27.6. The van der Waals surface area contributed by atoms with Gasteiger partial charge < -0.3 is 19.7 Å². The number of rotatable bonds is 10. The molecule has 0 saturated carbocycles. The molecule has 1 heterocycles. The molecule has 9 nitrogen and oxygen atoms in total. The van der Waals surface area contributed by atoms with Crippen molar-refractivity contribution in [2.75, 3.05) is 36.9 Å². The standard InChI is InChI=1S/C24H29Cl2N3O6S/c1-4-9-27-24(31)16(2)28(14-17-5-7-19(25)20(26)12-17)23(30)15-29(36(3,32)33)18-6-8-21-22(13-18)35-11-10-34-21/h5-8,12-13,16H,4,9-11,14-15H2,1-3H3,(H,27,31)/t16-/m0/s1. The van der Waals surface area contributed by atoms with Gasteiger partial charge in [0.25, 0.3) is 0 Å². The molecule has 0 bridgehead atoms. The van der Waals surface area contributed by atoms with Gasteiger partial charge in [0.15, 0.2) is 11.5 Å². The smallest absolute Gasteiger partial charge is 0.244 e. The number of carbonyl (C=O) groups excluding carboxylic acids is 2.